The summed E-state index contributed by atoms with van der Waals surface area (Å²) in [6.07, 6.45) is -2.77. The minimum Gasteiger partial charge on any atom is -0.396 e. The number of nitriles is 2. The molecule has 1 N–H and O–H groups in total. The van der Waals surface area contributed by atoms with Crippen LogP contribution in [0.2, 0.25) is 0 Å². The van der Waals surface area contributed by atoms with Crippen molar-refractivity contribution in [1.29, 1.82) is 10.5 Å². The van der Waals surface area contributed by atoms with Gasteiger partial charge in [-0.2, -0.15) is 23.7 Å². The highest BCUT2D eigenvalue weighted by Gasteiger charge is 2.47. The van der Waals surface area contributed by atoms with Gasteiger partial charge in [-0.3, -0.25) is 4.90 Å². The first-order valence-electron chi connectivity index (χ1n) is 12.8. The summed E-state index contributed by atoms with van der Waals surface area (Å²) in [6, 6.07) is 7.60. The lowest BCUT2D eigenvalue weighted by Gasteiger charge is -2.44. The molecule has 14 heteroatoms. The van der Waals surface area contributed by atoms with Crippen LogP contribution in [0.25, 0.3) is 0 Å². The van der Waals surface area contributed by atoms with E-state index >= 15 is 0 Å². The van der Waals surface area contributed by atoms with Crippen LogP contribution in [0.5, 0.6) is 0 Å². The predicted octanol–water partition coefficient (Wildman–Crippen LogP) is 4.59. The molecule has 2 atom stereocenters. The van der Waals surface area contributed by atoms with Gasteiger partial charge in [0, 0.05) is 31.6 Å². The number of halogens is 3. The molecule has 1 unspecified atom stereocenters. The molecule has 0 radical (unpaired) electrons. The number of hydrogen-bond acceptors (Lipinski definition) is 7. The van der Waals surface area contributed by atoms with Crippen LogP contribution in [0.4, 0.5) is 28.4 Å². The summed E-state index contributed by atoms with van der Waals surface area (Å²) < 4.78 is 66.4. The topological polar surface area (TPSA) is 146 Å². The first-order chi connectivity index (χ1) is 19.7. The Morgan fingerprint density at radius 3 is 2.45 bits per heavy atom. The summed E-state index contributed by atoms with van der Waals surface area (Å²) >= 11 is 0. The van der Waals surface area contributed by atoms with E-state index in [4.69, 9.17) is 0 Å². The van der Waals surface area contributed by atoms with Gasteiger partial charge in [-0.1, -0.05) is 12.1 Å². The molecule has 0 aliphatic carbocycles. The monoisotopic (exact) mass is 601 g/mol. The van der Waals surface area contributed by atoms with Gasteiger partial charge in [0.15, 0.2) is 9.84 Å². The minimum absolute atomic E-state index is 0.0224. The van der Waals surface area contributed by atoms with Crippen molar-refractivity contribution in [2.75, 3.05) is 30.9 Å². The summed E-state index contributed by atoms with van der Waals surface area (Å²) in [4.78, 5) is 30.6. The summed E-state index contributed by atoms with van der Waals surface area (Å²) in [7, 11) is -4.07. The summed E-state index contributed by atoms with van der Waals surface area (Å²) in [6.45, 7) is 1.34. The number of carbonyl (C=O) groups excluding carboxylic acids is 2. The molecule has 0 bridgehead atoms. The fourth-order valence-corrected chi connectivity index (χ4v) is 6.20. The first kappa shape index (κ1) is 30.6. The van der Waals surface area contributed by atoms with Crippen LogP contribution in [0.1, 0.15) is 42.5 Å². The van der Waals surface area contributed by atoms with E-state index < -0.39 is 44.6 Å². The summed E-state index contributed by atoms with van der Waals surface area (Å²) in [5.74, 6) is -0.296. The lowest BCUT2D eigenvalue weighted by molar-refractivity contribution is -0.137. The van der Waals surface area contributed by atoms with Gasteiger partial charge in [0.2, 0.25) is 0 Å². The van der Waals surface area contributed by atoms with E-state index in [1.165, 1.54) is 30.0 Å². The van der Waals surface area contributed by atoms with Gasteiger partial charge in [-0.05, 0) is 61.6 Å². The van der Waals surface area contributed by atoms with E-state index in [2.05, 4.69) is 0 Å². The van der Waals surface area contributed by atoms with Gasteiger partial charge in [0.05, 0.1) is 39.4 Å². The number of alkyl halides is 3. The highest BCUT2D eigenvalue weighted by molar-refractivity contribution is 7.90. The van der Waals surface area contributed by atoms with E-state index in [0.29, 0.717) is 23.8 Å². The number of aliphatic hydroxyl groups excluding tert-OH is 1. The number of rotatable bonds is 4. The van der Waals surface area contributed by atoms with Crippen LogP contribution in [-0.4, -0.2) is 61.3 Å². The van der Waals surface area contributed by atoms with Crippen molar-refractivity contribution in [3.8, 4) is 12.1 Å². The third kappa shape index (κ3) is 5.68. The average Bonchev–Trinajstić information content (AvgIpc) is 2.95. The SMILES string of the molecule is CC1=C(C#N)[C@@H](c2ccc(C#N)cc2S(C)(=O)=O)N(C(=O)N2CCCC(CO)C2)C(=O)N1c1cccc(C(F)(F)F)c1. The first-order valence-corrected chi connectivity index (χ1v) is 14.7. The van der Waals surface area contributed by atoms with Crippen molar-refractivity contribution in [3.63, 3.8) is 0 Å². The molecule has 10 nitrogen and oxygen atoms in total. The summed E-state index contributed by atoms with van der Waals surface area (Å²) in [5, 5.41) is 29.4. The zero-order chi connectivity index (χ0) is 31.0. The van der Waals surface area contributed by atoms with Crippen LogP contribution >= 0.6 is 0 Å². The maximum absolute atomic E-state index is 14.2. The highest BCUT2D eigenvalue weighted by Crippen LogP contribution is 2.43. The third-order valence-corrected chi connectivity index (χ3v) is 8.45. The molecule has 1 saturated heterocycles. The van der Waals surface area contributed by atoms with Gasteiger partial charge >= 0.3 is 18.2 Å². The van der Waals surface area contributed by atoms with Gasteiger partial charge in [0.1, 0.15) is 6.04 Å². The molecule has 4 rings (SSSR count). The van der Waals surface area contributed by atoms with Crippen LogP contribution in [-0.2, 0) is 16.0 Å². The van der Waals surface area contributed by atoms with E-state index in [-0.39, 0.29) is 53.7 Å². The molecule has 1 fully saturated rings. The Hall–Kier alpha value is -4.40. The number of piperidine rings is 1. The van der Waals surface area contributed by atoms with Crippen molar-refractivity contribution in [3.05, 3.63) is 70.4 Å². The number of amides is 4. The molecule has 4 amide bonds. The molecular weight excluding hydrogens is 575 g/mol. The number of sulfone groups is 1. The number of nitrogens with zero attached hydrogens (tertiary/aromatic N) is 5. The number of anilines is 1. The Labute approximate surface area is 240 Å². The van der Waals surface area contributed by atoms with E-state index in [1.54, 1.807) is 0 Å². The molecule has 0 spiro atoms. The standard InChI is InChI=1S/C28H26F3N5O5S/c1-17-23(14-33)25(22-9-8-18(13-32)11-24(22)42(2,40)41)36(26(38)34-10-4-5-19(15-34)16-37)27(39)35(17)21-7-3-6-20(12-21)28(29,30)31/h3,6-9,11-12,19,25,37H,4-5,10,15-16H2,1-2H3/t19?,25-/m1/s1. The second-order valence-electron chi connectivity index (χ2n) is 10.1. The number of likely N-dealkylation sites (tertiary alicyclic amines) is 1. The quantitative estimate of drug-likeness (QED) is 0.540. The van der Waals surface area contributed by atoms with Crippen molar-refractivity contribution >= 4 is 27.6 Å². The smallest absolute Gasteiger partial charge is 0.396 e. The molecule has 2 aromatic rings. The maximum atomic E-state index is 14.2. The minimum atomic E-state index is -4.75. The molecule has 0 aromatic heterocycles. The Balaban J connectivity index is 1.99. The lowest BCUT2D eigenvalue weighted by Crippen LogP contribution is -2.57. The van der Waals surface area contributed by atoms with Crippen molar-refractivity contribution in [2.45, 2.75) is 36.9 Å². The average molecular weight is 602 g/mol. The Kier molecular flexibility index (Phi) is 8.34. The normalized spacial score (nSPS) is 19.9. The number of hydrogen-bond donors (Lipinski definition) is 1. The van der Waals surface area contributed by atoms with Gasteiger partial charge in [0.25, 0.3) is 0 Å². The maximum Gasteiger partial charge on any atom is 0.416 e. The van der Waals surface area contributed by atoms with Crippen molar-refractivity contribution < 1.29 is 36.3 Å². The second kappa shape index (κ2) is 11.5. The van der Waals surface area contributed by atoms with Gasteiger partial charge in [-0.25, -0.2) is 22.9 Å². The predicted molar refractivity (Wildman–Crippen MR) is 143 cm³/mol. The van der Waals surface area contributed by atoms with Gasteiger partial charge in [-0.15, -0.1) is 0 Å². The molecule has 2 aliphatic rings. The van der Waals surface area contributed by atoms with Crippen LogP contribution in [0.3, 0.4) is 0 Å². The molecule has 42 heavy (non-hydrogen) atoms. The molecule has 0 saturated carbocycles. The fraction of sp³-hybridized carbons (Fsp3) is 0.357. The number of benzene rings is 2. The fourth-order valence-electron chi connectivity index (χ4n) is 5.25. The van der Waals surface area contributed by atoms with Crippen LogP contribution in [0, 0.1) is 28.6 Å². The summed E-state index contributed by atoms with van der Waals surface area (Å²) in [5.41, 5.74) is -1.84. The third-order valence-electron chi connectivity index (χ3n) is 7.30. The van der Waals surface area contributed by atoms with Crippen molar-refractivity contribution in [1.82, 2.24) is 9.80 Å². The zero-order valence-corrected chi connectivity index (χ0v) is 23.4. The molecule has 2 heterocycles. The molecule has 2 aliphatic heterocycles. The Morgan fingerprint density at radius 2 is 1.86 bits per heavy atom. The Bertz CT molecular complexity index is 1660. The Morgan fingerprint density at radius 1 is 1.14 bits per heavy atom. The number of urea groups is 2. The van der Waals surface area contributed by atoms with E-state index in [0.717, 1.165) is 29.4 Å². The number of allylic oxidation sites excluding steroid dienone is 1. The van der Waals surface area contributed by atoms with Crippen molar-refractivity contribution in [2.24, 2.45) is 5.92 Å². The van der Waals surface area contributed by atoms with Gasteiger partial charge < -0.3 is 10.0 Å². The molecule has 220 valence electrons. The van der Waals surface area contributed by atoms with E-state index in [1.807, 2.05) is 12.1 Å². The lowest BCUT2D eigenvalue weighted by atomic mass is 9.92. The van der Waals surface area contributed by atoms with E-state index in [9.17, 15) is 46.8 Å². The van der Waals surface area contributed by atoms with Crippen LogP contribution < -0.4 is 4.90 Å². The highest BCUT2D eigenvalue weighted by atomic mass is 32.2. The van der Waals surface area contributed by atoms with Crippen LogP contribution in [0.15, 0.2) is 58.6 Å². The number of aliphatic hydroxyl groups is 1. The number of carbonyl (C=O) groups is 2. The molecule has 2 aromatic carbocycles. The largest absolute Gasteiger partial charge is 0.416 e. The zero-order valence-electron chi connectivity index (χ0n) is 22.6. The number of imide groups is 1. The second-order valence-corrected chi connectivity index (χ2v) is 12.1. The molecular formula is C28H26F3N5O5S.